The van der Waals surface area contributed by atoms with Crippen molar-refractivity contribution in [1.29, 1.82) is 0 Å². The van der Waals surface area contributed by atoms with Crippen LogP contribution in [0.1, 0.15) is 15.9 Å². The molecular formula is C21H13Cl2F7N6O2. The highest BCUT2D eigenvalue weighted by Crippen LogP contribution is 2.32. The second-order valence-corrected chi connectivity index (χ2v) is 8.67. The van der Waals surface area contributed by atoms with Crippen LogP contribution in [0.15, 0.2) is 47.4 Å². The van der Waals surface area contributed by atoms with E-state index in [1.54, 1.807) is 0 Å². The maximum Gasteiger partial charge on any atom is 0.422 e. The highest BCUT2D eigenvalue weighted by atomic mass is 35.5. The smallest absolute Gasteiger partial charge is 0.422 e. The van der Waals surface area contributed by atoms with Gasteiger partial charge >= 0.3 is 12.4 Å². The van der Waals surface area contributed by atoms with Crippen LogP contribution in [0.3, 0.4) is 0 Å². The Morgan fingerprint density at radius 3 is 2.55 bits per heavy atom. The van der Waals surface area contributed by atoms with Crippen molar-refractivity contribution in [1.82, 2.24) is 19.9 Å². The zero-order valence-corrected chi connectivity index (χ0v) is 19.9. The Bertz CT molecular complexity index is 1440. The van der Waals surface area contributed by atoms with Crippen LogP contribution in [0, 0.1) is 0 Å². The van der Waals surface area contributed by atoms with Crippen LogP contribution in [0.4, 0.5) is 42.5 Å². The van der Waals surface area contributed by atoms with Crippen molar-refractivity contribution in [2.24, 2.45) is 0 Å². The molecular weight excluding hydrogens is 572 g/mol. The number of rotatable bonds is 6. The van der Waals surface area contributed by atoms with Gasteiger partial charge in [0.15, 0.2) is 12.3 Å². The van der Waals surface area contributed by atoms with Crippen molar-refractivity contribution in [3.05, 3.63) is 58.5 Å². The number of hydrogen-bond donors (Lipinski definition) is 3. The first kappa shape index (κ1) is 27.4. The number of ether oxygens (including phenoxy) is 1. The number of carbonyl (C=O) groups is 1. The summed E-state index contributed by atoms with van der Waals surface area (Å²) in [5.41, 5.74) is -1.84. The molecule has 38 heavy (non-hydrogen) atoms. The first-order valence-electron chi connectivity index (χ1n) is 10.3. The number of amides is 1. The Kier molecular flexibility index (Phi) is 7.43. The van der Waals surface area contributed by atoms with E-state index in [9.17, 15) is 35.5 Å². The lowest BCUT2D eigenvalue weighted by molar-refractivity contribution is -0.154. The molecule has 1 aliphatic carbocycles. The average Bonchev–Trinajstić information content (AvgIpc) is 3.20. The first-order chi connectivity index (χ1) is 17.7. The van der Waals surface area contributed by atoms with E-state index in [0.717, 1.165) is 24.4 Å². The van der Waals surface area contributed by atoms with Gasteiger partial charge in [0.1, 0.15) is 17.2 Å². The second kappa shape index (κ2) is 10.3. The SMILES string of the molecule is O=C(Nc1cc(C(F)(F)F)ccn1)c1cc2[nH]c(NC3C(Cl)=CC(F)=CC3Cl)nc2nc1OCC(F)(F)F. The molecule has 0 radical (unpaired) electrons. The van der Waals surface area contributed by atoms with Crippen molar-refractivity contribution in [2.75, 3.05) is 17.2 Å². The number of nitrogens with zero attached hydrogens (tertiary/aromatic N) is 3. The minimum absolute atomic E-state index is 0.00117. The largest absolute Gasteiger partial charge is 0.467 e. The molecule has 8 nitrogen and oxygen atoms in total. The summed E-state index contributed by atoms with van der Waals surface area (Å²) in [7, 11) is 0. The van der Waals surface area contributed by atoms with E-state index in [4.69, 9.17) is 23.2 Å². The summed E-state index contributed by atoms with van der Waals surface area (Å²) in [4.78, 5) is 27.1. The van der Waals surface area contributed by atoms with Crippen molar-refractivity contribution in [3.63, 3.8) is 0 Å². The number of nitrogens with one attached hydrogen (secondary N) is 3. The van der Waals surface area contributed by atoms with Crippen LogP contribution in [0.25, 0.3) is 11.2 Å². The molecule has 2 unspecified atom stereocenters. The zero-order chi connectivity index (χ0) is 27.8. The molecule has 1 aliphatic rings. The number of fused-ring (bicyclic) bond motifs is 1. The van der Waals surface area contributed by atoms with Gasteiger partial charge in [-0.1, -0.05) is 11.6 Å². The lowest BCUT2D eigenvalue weighted by atomic mass is 10.1. The number of halogens is 9. The number of allylic oxidation sites excluding steroid dienone is 2. The van der Waals surface area contributed by atoms with Gasteiger partial charge in [-0.25, -0.2) is 9.37 Å². The van der Waals surface area contributed by atoms with Crippen molar-refractivity contribution >= 4 is 52.0 Å². The topological polar surface area (TPSA) is 105 Å². The molecule has 0 aliphatic heterocycles. The molecule has 4 rings (SSSR count). The van der Waals surface area contributed by atoms with Gasteiger partial charge in [-0.3, -0.25) is 4.79 Å². The molecule has 0 spiro atoms. The Balaban J connectivity index is 1.66. The summed E-state index contributed by atoms with van der Waals surface area (Å²) < 4.78 is 95.5. The molecule has 17 heteroatoms. The van der Waals surface area contributed by atoms with Gasteiger partial charge in [-0.15, -0.1) is 11.6 Å². The second-order valence-electron chi connectivity index (χ2n) is 7.73. The Hall–Kier alpha value is -3.59. The predicted molar refractivity (Wildman–Crippen MR) is 123 cm³/mol. The number of aromatic nitrogens is 4. The third-order valence-electron chi connectivity index (χ3n) is 4.89. The number of alkyl halides is 7. The van der Waals surface area contributed by atoms with Crippen LogP contribution >= 0.6 is 23.2 Å². The third-order valence-corrected chi connectivity index (χ3v) is 5.61. The normalized spacial score (nSPS) is 18.1. The molecule has 0 saturated carbocycles. The molecule has 202 valence electrons. The molecule has 0 bridgehead atoms. The lowest BCUT2D eigenvalue weighted by Gasteiger charge is -2.23. The number of carbonyl (C=O) groups excluding carboxylic acids is 1. The highest BCUT2D eigenvalue weighted by Gasteiger charge is 2.32. The summed E-state index contributed by atoms with van der Waals surface area (Å²) in [5, 5.41) is 3.93. The zero-order valence-electron chi connectivity index (χ0n) is 18.4. The molecule has 3 aromatic heterocycles. The maximum atomic E-state index is 13.5. The summed E-state index contributed by atoms with van der Waals surface area (Å²) in [6, 6.07) is 1.41. The molecule has 3 heterocycles. The van der Waals surface area contributed by atoms with Gasteiger partial charge in [-0.2, -0.15) is 36.3 Å². The molecule has 3 N–H and O–H groups in total. The van der Waals surface area contributed by atoms with E-state index < -0.39 is 64.9 Å². The van der Waals surface area contributed by atoms with E-state index in [-0.39, 0.29) is 22.1 Å². The van der Waals surface area contributed by atoms with Gasteiger partial charge in [0, 0.05) is 11.2 Å². The molecule has 0 fully saturated rings. The summed E-state index contributed by atoms with van der Waals surface area (Å²) in [6.45, 7) is -1.82. The Morgan fingerprint density at radius 2 is 1.89 bits per heavy atom. The van der Waals surface area contributed by atoms with Crippen molar-refractivity contribution < 1.29 is 40.3 Å². The van der Waals surface area contributed by atoms with Crippen LogP contribution in [-0.4, -0.2) is 50.0 Å². The molecule has 0 aromatic carbocycles. The van der Waals surface area contributed by atoms with Crippen molar-refractivity contribution in [3.8, 4) is 5.88 Å². The van der Waals surface area contributed by atoms with Crippen LogP contribution < -0.4 is 15.4 Å². The van der Waals surface area contributed by atoms with Gasteiger partial charge in [0.2, 0.25) is 11.8 Å². The van der Waals surface area contributed by atoms with Crippen LogP contribution in [0.2, 0.25) is 0 Å². The fraction of sp³-hybridized carbons (Fsp3) is 0.238. The summed E-state index contributed by atoms with van der Waals surface area (Å²) in [5.74, 6) is -3.17. The number of anilines is 2. The highest BCUT2D eigenvalue weighted by molar-refractivity contribution is 6.32. The molecule has 3 aromatic rings. The van der Waals surface area contributed by atoms with Gasteiger partial charge in [0.05, 0.1) is 22.5 Å². The molecule has 2 atom stereocenters. The summed E-state index contributed by atoms with van der Waals surface area (Å²) in [6.07, 6.45) is -6.63. The Morgan fingerprint density at radius 1 is 1.16 bits per heavy atom. The first-order valence-corrected chi connectivity index (χ1v) is 11.1. The fourth-order valence-corrected chi connectivity index (χ4v) is 3.92. The number of pyridine rings is 2. The molecule has 1 amide bonds. The van der Waals surface area contributed by atoms with Gasteiger partial charge in [-0.05, 0) is 30.4 Å². The van der Waals surface area contributed by atoms with Crippen LogP contribution in [-0.2, 0) is 6.18 Å². The van der Waals surface area contributed by atoms with E-state index in [1.165, 1.54) is 0 Å². The van der Waals surface area contributed by atoms with Crippen molar-refractivity contribution in [2.45, 2.75) is 23.8 Å². The van der Waals surface area contributed by atoms with E-state index in [2.05, 4.69) is 35.3 Å². The fourth-order valence-electron chi connectivity index (χ4n) is 3.24. The molecule has 0 saturated heterocycles. The third kappa shape index (κ3) is 6.45. The number of H-pyrrole nitrogens is 1. The quantitative estimate of drug-likeness (QED) is 0.244. The van der Waals surface area contributed by atoms with E-state index in [1.807, 2.05) is 0 Å². The lowest BCUT2D eigenvalue weighted by Crippen LogP contribution is -2.31. The predicted octanol–water partition coefficient (Wildman–Crippen LogP) is 5.94. The van der Waals surface area contributed by atoms with Gasteiger partial charge in [0.25, 0.3) is 5.91 Å². The summed E-state index contributed by atoms with van der Waals surface area (Å²) >= 11 is 12.1. The average molecular weight is 585 g/mol. The maximum absolute atomic E-state index is 13.5. The van der Waals surface area contributed by atoms with Gasteiger partial charge < -0.3 is 20.4 Å². The number of hydrogen-bond acceptors (Lipinski definition) is 6. The minimum atomic E-state index is -4.80. The minimum Gasteiger partial charge on any atom is -0.467 e. The van der Waals surface area contributed by atoms with E-state index >= 15 is 0 Å². The van der Waals surface area contributed by atoms with Crippen LogP contribution in [0.5, 0.6) is 5.88 Å². The standard InChI is InChI=1S/C21H13Cl2F7N6O2/c22-11-4-9(24)5-12(23)15(11)34-19-32-13-6-10(18(35-16(13)36-19)38-7-20(25,26)27)17(37)33-14-3-8(1-2-31-14)21(28,29)30/h1-6,11,15H,7H2,(H,31,33,37)(H2,32,34,35,36). The van der Waals surface area contributed by atoms with E-state index in [0.29, 0.717) is 12.1 Å². The number of imidazole rings is 1. The monoisotopic (exact) mass is 584 g/mol. The Labute approximate surface area is 217 Å². The number of aromatic amines is 1.